The molecule has 7 heteroatoms. The fourth-order valence-electron chi connectivity index (χ4n) is 4.26. The molecule has 2 aromatic heterocycles. The van der Waals surface area contributed by atoms with Gasteiger partial charge in [-0.3, -0.25) is 9.36 Å². The van der Waals surface area contributed by atoms with E-state index in [-0.39, 0.29) is 17.8 Å². The van der Waals surface area contributed by atoms with Crippen LogP contribution < -0.4 is 5.56 Å². The summed E-state index contributed by atoms with van der Waals surface area (Å²) < 4.78 is 13.5. The molecule has 0 radical (unpaired) electrons. The number of aromatic nitrogens is 2. The number of rotatable bonds is 5. The van der Waals surface area contributed by atoms with Crippen molar-refractivity contribution in [1.29, 1.82) is 0 Å². The van der Waals surface area contributed by atoms with Crippen LogP contribution in [0.1, 0.15) is 42.5 Å². The summed E-state index contributed by atoms with van der Waals surface area (Å²) in [6, 6.07) is 0. The van der Waals surface area contributed by atoms with Crippen molar-refractivity contribution in [2.45, 2.75) is 68.9 Å². The molecule has 26 heavy (non-hydrogen) atoms. The Morgan fingerprint density at radius 3 is 2.69 bits per heavy atom. The van der Waals surface area contributed by atoms with Gasteiger partial charge in [-0.15, -0.1) is 11.3 Å². The van der Waals surface area contributed by atoms with Gasteiger partial charge >= 0.3 is 0 Å². The molecular weight excluding hydrogens is 368 g/mol. The summed E-state index contributed by atoms with van der Waals surface area (Å²) in [5.74, 6) is 0.870. The minimum absolute atomic E-state index is 0.139. The average molecular weight is 393 g/mol. The van der Waals surface area contributed by atoms with Crippen LogP contribution in [-0.4, -0.2) is 40.7 Å². The van der Waals surface area contributed by atoms with E-state index in [0.717, 1.165) is 79.3 Å². The van der Waals surface area contributed by atoms with Crippen molar-refractivity contribution in [2.24, 2.45) is 0 Å². The lowest BCUT2D eigenvalue weighted by Crippen LogP contribution is -2.29. The number of aryl methyl sites for hydroxylation is 2. The van der Waals surface area contributed by atoms with Crippen molar-refractivity contribution in [1.82, 2.24) is 9.55 Å². The van der Waals surface area contributed by atoms with E-state index in [2.05, 4.69) is 0 Å². The van der Waals surface area contributed by atoms with Gasteiger partial charge in [-0.05, 0) is 50.5 Å². The first-order chi connectivity index (χ1) is 12.8. The highest BCUT2D eigenvalue weighted by Gasteiger charge is 2.26. The Bertz CT molecular complexity index is 864. The molecule has 0 saturated carbocycles. The van der Waals surface area contributed by atoms with Crippen molar-refractivity contribution in [2.75, 3.05) is 19.0 Å². The molecule has 2 fully saturated rings. The molecule has 1 aliphatic carbocycles. The summed E-state index contributed by atoms with van der Waals surface area (Å²) in [5, 5.41) is 1.72. The smallest absolute Gasteiger partial charge is 0.263 e. The Balaban J connectivity index is 1.53. The second kappa shape index (κ2) is 7.26. The van der Waals surface area contributed by atoms with Gasteiger partial charge in [0.2, 0.25) is 0 Å². The monoisotopic (exact) mass is 392 g/mol. The Morgan fingerprint density at radius 2 is 1.92 bits per heavy atom. The highest BCUT2D eigenvalue weighted by molar-refractivity contribution is 7.99. The lowest BCUT2D eigenvalue weighted by molar-refractivity contribution is 0.0937. The lowest BCUT2D eigenvalue weighted by atomic mass is 10.2. The van der Waals surface area contributed by atoms with Gasteiger partial charge in [0.15, 0.2) is 5.16 Å². The first kappa shape index (κ1) is 17.2. The SMILES string of the molecule is O=c1c2c3c(sc2nc(SC[C@H]2CCCO2)n1C[C@@H]1CCCO1)CCC3. The summed E-state index contributed by atoms with van der Waals surface area (Å²) >= 11 is 3.40. The molecule has 0 bridgehead atoms. The Kier molecular flexibility index (Phi) is 4.81. The quantitative estimate of drug-likeness (QED) is 0.577. The first-order valence-electron chi connectivity index (χ1n) is 9.70. The zero-order valence-corrected chi connectivity index (χ0v) is 16.5. The molecule has 140 valence electrons. The number of thiophene rings is 1. The molecule has 2 saturated heterocycles. The van der Waals surface area contributed by atoms with Crippen LogP contribution in [0.3, 0.4) is 0 Å². The molecule has 3 aliphatic rings. The first-order valence-corrected chi connectivity index (χ1v) is 11.5. The van der Waals surface area contributed by atoms with Crippen LogP contribution in [0.2, 0.25) is 0 Å². The molecule has 0 aromatic carbocycles. The van der Waals surface area contributed by atoms with Gasteiger partial charge in [0.25, 0.3) is 5.56 Å². The molecule has 0 unspecified atom stereocenters. The van der Waals surface area contributed by atoms with Gasteiger partial charge < -0.3 is 9.47 Å². The van der Waals surface area contributed by atoms with Crippen molar-refractivity contribution >= 4 is 33.3 Å². The molecular formula is C19H24N2O3S2. The van der Waals surface area contributed by atoms with Gasteiger partial charge in [0, 0.05) is 23.8 Å². The zero-order valence-electron chi connectivity index (χ0n) is 14.9. The minimum atomic E-state index is 0.139. The molecule has 5 nitrogen and oxygen atoms in total. The van der Waals surface area contributed by atoms with Crippen LogP contribution in [0.5, 0.6) is 0 Å². The van der Waals surface area contributed by atoms with Crippen LogP contribution in [0, 0.1) is 0 Å². The maximum Gasteiger partial charge on any atom is 0.263 e. The predicted octanol–water partition coefficient (Wildman–Crippen LogP) is 3.40. The van der Waals surface area contributed by atoms with E-state index in [1.165, 1.54) is 10.4 Å². The summed E-state index contributed by atoms with van der Waals surface area (Å²) in [4.78, 5) is 20.6. The normalized spacial score (nSPS) is 25.4. The van der Waals surface area contributed by atoms with E-state index in [9.17, 15) is 4.79 Å². The summed E-state index contributed by atoms with van der Waals surface area (Å²) in [7, 11) is 0. The standard InChI is InChI=1S/C19H24N2O3S2/c22-18-16-14-6-1-7-15(14)26-17(16)20-19(25-11-13-5-3-9-24-13)21(18)10-12-4-2-8-23-12/h12-13H,1-11H2/t12-,13+/m0/s1. The third-order valence-corrected chi connectivity index (χ3v) is 7.92. The van der Waals surface area contributed by atoms with E-state index in [1.807, 2.05) is 4.57 Å². The molecule has 0 amide bonds. The second-order valence-electron chi connectivity index (χ2n) is 7.43. The maximum absolute atomic E-state index is 13.4. The summed E-state index contributed by atoms with van der Waals surface area (Å²) in [6.07, 6.45) is 8.07. The predicted molar refractivity (Wildman–Crippen MR) is 105 cm³/mol. The van der Waals surface area contributed by atoms with Crippen LogP contribution in [0.4, 0.5) is 0 Å². The van der Waals surface area contributed by atoms with Crippen LogP contribution in [0.25, 0.3) is 10.2 Å². The highest BCUT2D eigenvalue weighted by atomic mass is 32.2. The summed E-state index contributed by atoms with van der Waals surface area (Å²) in [6.45, 7) is 2.29. The molecule has 2 aromatic rings. The number of hydrogen-bond acceptors (Lipinski definition) is 6. The van der Waals surface area contributed by atoms with E-state index >= 15 is 0 Å². The fourth-order valence-corrected chi connectivity index (χ4v) is 6.64. The van der Waals surface area contributed by atoms with Crippen LogP contribution in [-0.2, 0) is 28.9 Å². The van der Waals surface area contributed by atoms with E-state index in [0.29, 0.717) is 6.54 Å². The average Bonchev–Trinajstić information content (AvgIpc) is 3.41. The van der Waals surface area contributed by atoms with Gasteiger partial charge in [0.05, 0.1) is 24.1 Å². The van der Waals surface area contributed by atoms with Gasteiger partial charge in [-0.1, -0.05) is 11.8 Å². The van der Waals surface area contributed by atoms with Crippen molar-refractivity contribution < 1.29 is 9.47 Å². The van der Waals surface area contributed by atoms with Crippen LogP contribution in [0.15, 0.2) is 9.95 Å². The molecule has 0 spiro atoms. The molecule has 5 rings (SSSR count). The zero-order chi connectivity index (χ0) is 17.5. The third-order valence-electron chi connectivity index (χ3n) is 5.62. The van der Waals surface area contributed by atoms with Crippen molar-refractivity contribution in [3.05, 3.63) is 20.8 Å². The Labute approximate surface area is 161 Å². The topological polar surface area (TPSA) is 53.3 Å². The molecule has 0 N–H and O–H groups in total. The number of ether oxygens (including phenoxy) is 2. The Hall–Kier alpha value is -0.890. The number of hydrogen-bond donors (Lipinski definition) is 0. The van der Waals surface area contributed by atoms with E-state index < -0.39 is 0 Å². The van der Waals surface area contributed by atoms with Crippen molar-refractivity contribution in [3.63, 3.8) is 0 Å². The van der Waals surface area contributed by atoms with E-state index in [1.54, 1.807) is 23.1 Å². The third kappa shape index (κ3) is 3.13. The summed E-state index contributed by atoms with van der Waals surface area (Å²) in [5.41, 5.74) is 1.40. The van der Waals surface area contributed by atoms with Gasteiger partial charge in [0.1, 0.15) is 4.83 Å². The van der Waals surface area contributed by atoms with Crippen LogP contribution >= 0.6 is 23.1 Å². The molecule has 2 atom stereocenters. The molecule has 4 heterocycles. The Morgan fingerprint density at radius 1 is 1.12 bits per heavy atom. The number of nitrogens with zero attached hydrogens (tertiary/aromatic N) is 2. The molecule has 2 aliphatic heterocycles. The fraction of sp³-hybridized carbons (Fsp3) is 0.684. The van der Waals surface area contributed by atoms with E-state index in [4.69, 9.17) is 14.5 Å². The van der Waals surface area contributed by atoms with Gasteiger partial charge in [-0.2, -0.15) is 0 Å². The van der Waals surface area contributed by atoms with Crippen molar-refractivity contribution in [3.8, 4) is 0 Å². The highest BCUT2D eigenvalue weighted by Crippen LogP contribution is 2.36. The largest absolute Gasteiger partial charge is 0.377 e. The lowest BCUT2D eigenvalue weighted by Gasteiger charge is -2.17. The minimum Gasteiger partial charge on any atom is -0.377 e. The number of fused-ring (bicyclic) bond motifs is 3. The second-order valence-corrected chi connectivity index (χ2v) is 9.50. The maximum atomic E-state index is 13.4. The van der Waals surface area contributed by atoms with Gasteiger partial charge in [-0.25, -0.2) is 4.98 Å². The number of thioether (sulfide) groups is 1.